The fourth-order valence-electron chi connectivity index (χ4n) is 6.39. The van der Waals surface area contributed by atoms with Gasteiger partial charge in [0.1, 0.15) is 5.75 Å². The molecule has 4 aliphatic carbocycles. The predicted octanol–water partition coefficient (Wildman–Crippen LogP) is 5.74. The highest BCUT2D eigenvalue weighted by atomic mass is 16.5. The molecule has 5 rings (SSSR count). The summed E-state index contributed by atoms with van der Waals surface area (Å²) in [5.74, 6) is 3.58. The number of hydrogen-bond donors (Lipinski definition) is 1. The smallest absolute Gasteiger partial charge is 0.407 e. The summed E-state index contributed by atoms with van der Waals surface area (Å²) in [7, 11) is 0. The Kier molecular flexibility index (Phi) is 6.36. The van der Waals surface area contributed by atoms with Crippen molar-refractivity contribution in [1.82, 2.24) is 5.32 Å². The molecule has 4 fully saturated rings. The van der Waals surface area contributed by atoms with E-state index in [0.717, 1.165) is 49.4 Å². The minimum atomic E-state index is -0.257. The Bertz CT molecular complexity index is 649. The maximum atomic E-state index is 12.4. The number of alkyl carbamates (subject to hydrolysis) is 1. The third-order valence-corrected chi connectivity index (χ3v) is 7.27. The quantitative estimate of drug-likeness (QED) is 0.539. The molecule has 4 nitrogen and oxygen atoms in total. The highest BCUT2D eigenvalue weighted by molar-refractivity contribution is 5.67. The number of hydrogen-bond acceptors (Lipinski definition) is 3. The Labute approximate surface area is 175 Å². The van der Waals surface area contributed by atoms with Crippen molar-refractivity contribution in [2.75, 3.05) is 13.2 Å². The van der Waals surface area contributed by atoms with Crippen LogP contribution in [0.4, 0.5) is 4.79 Å². The summed E-state index contributed by atoms with van der Waals surface area (Å²) in [5.41, 5.74) is 1.48. The van der Waals surface area contributed by atoms with Gasteiger partial charge < -0.3 is 14.8 Å². The van der Waals surface area contributed by atoms with Crippen molar-refractivity contribution in [2.45, 2.75) is 77.7 Å². The van der Waals surface area contributed by atoms with Crippen molar-refractivity contribution in [3.05, 3.63) is 29.8 Å². The van der Waals surface area contributed by atoms with Crippen molar-refractivity contribution in [3.63, 3.8) is 0 Å². The Morgan fingerprint density at radius 2 is 1.72 bits per heavy atom. The molecule has 4 saturated carbocycles. The first kappa shape index (κ1) is 20.6. The van der Waals surface area contributed by atoms with E-state index in [9.17, 15) is 4.79 Å². The second-order valence-corrected chi connectivity index (χ2v) is 10.1. The molecule has 0 saturated heterocycles. The Morgan fingerprint density at radius 1 is 1.10 bits per heavy atom. The van der Waals surface area contributed by atoms with Gasteiger partial charge in [0.15, 0.2) is 0 Å². The molecule has 4 heteroatoms. The van der Waals surface area contributed by atoms with Gasteiger partial charge >= 0.3 is 6.09 Å². The van der Waals surface area contributed by atoms with Crippen molar-refractivity contribution < 1.29 is 14.3 Å². The summed E-state index contributed by atoms with van der Waals surface area (Å²) in [4.78, 5) is 12.4. The first-order valence-electron chi connectivity index (χ1n) is 11.7. The molecule has 4 bridgehead atoms. The van der Waals surface area contributed by atoms with Crippen LogP contribution in [0.5, 0.6) is 5.75 Å². The number of amides is 1. The average Bonchev–Trinajstić information content (AvgIpc) is 2.67. The normalized spacial score (nSPS) is 30.8. The van der Waals surface area contributed by atoms with Gasteiger partial charge in [-0.15, -0.1) is 0 Å². The van der Waals surface area contributed by atoms with Gasteiger partial charge in [0.05, 0.1) is 13.2 Å². The van der Waals surface area contributed by atoms with E-state index in [-0.39, 0.29) is 17.6 Å². The zero-order valence-electron chi connectivity index (χ0n) is 18.1. The van der Waals surface area contributed by atoms with Crippen LogP contribution < -0.4 is 10.1 Å². The van der Waals surface area contributed by atoms with Gasteiger partial charge in [-0.25, -0.2) is 4.79 Å². The van der Waals surface area contributed by atoms with Gasteiger partial charge in [0.2, 0.25) is 0 Å². The van der Waals surface area contributed by atoms with Crippen LogP contribution in [0, 0.1) is 23.2 Å². The maximum absolute atomic E-state index is 12.4. The second kappa shape index (κ2) is 8.97. The predicted molar refractivity (Wildman–Crippen MR) is 115 cm³/mol. The molecule has 0 heterocycles. The molecule has 1 atom stereocenters. The van der Waals surface area contributed by atoms with Crippen molar-refractivity contribution in [3.8, 4) is 5.75 Å². The van der Waals surface area contributed by atoms with Gasteiger partial charge in [-0.1, -0.05) is 25.5 Å². The van der Waals surface area contributed by atoms with Gasteiger partial charge in [0.25, 0.3) is 0 Å². The number of ether oxygens (including phenoxy) is 2. The molecule has 0 radical (unpaired) electrons. The Morgan fingerprint density at radius 3 is 2.31 bits per heavy atom. The SMILES string of the molecule is CCCCOc1ccc(C[C@@H](C)NC(=O)OCC23CC4CC(CC(C4)C2)C3)cc1. The third kappa shape index (κ3) is 5.26. The zero-order chi connectivity index (χ0) is 20.3. The molecule has 0 spiro atoms. The summed E-state index contributed by atoms with van der Waals surface area (Å²) >= 11 is 0. The van der Waals surface area contributed by atoms with E-state index in [1.54, 1.807) is 0 Å². The molecular weight excluding hydrogens is 362 g/mol. The summed E-state index contributed by atoms with van der Waals surface area (Å²) in [6.45, 7) is 5.58. The van der Waals surface area contributed by atoms with Crippen LogP contribution in [0.3, 0.4) is 0 Å². The number of benzene rings is 1. The fourth-order valence-corrected chi connectivity index (χ4v) is 6.39. The minimum absolute atomic E-state index is 0.0470. The zero-order valence-corrected chi connectivity index (χ0v) is 18.1. The summed E-state index contributed by atoms with van der Waals surface area (Å²) < 4.78 is 11.5. The van der Waals surface area contributed by atoms with Crippen LogP contribution in [0.1, 0.15) is 70.8 Å². The Hall–Kier alpha value is -1.71. The molecule has 0 aliphatic heterocycles. The van der Waals surface area contributed by atoms with Crippen LogP contribution in [-0.2, 0) is 11.2 Å². The lowest BCUT2D eigenvalue weighted by Crippen LogP contribution is -2.49. The number of rotatable bonds is 9. The van der Waals surface area contributed by atoms with Gasteiger partial charge in [0, 0.05) is 11.5 Å². The van der Waals surface area contributed by atoms with Crippen LogP contribution >= 0.6 is 0 Å². The molecule has 1 aromatic rings. The molecule has 0 unspecified atom stereocenters. The van der Waals surface area contributed by atoms with Gasteiger partial charge in [-0.2, -0.15) is 0 Å². The third-order valence-electron chi connectivity index (χ3n) is 7.27. The van der Waals surface area contributed by atoms with Crippen molar-refractivity contribution in [1.29, 1.82) is 0 Å². The fraction of sp³-hybridized carbons (Fsp3) is 0.720. The van der Waals surface area contributed by atoms with E-state index < -0.39 is 0 Å². The van der Waals surface area contributed by atoms with E-state index in [1.165, 1.54) is 44.1 Å². The van der Waals surface area contributed by atoms with E-state index >= 15 is 0 Å². The largest absolute Gasteiger partial charge is 0.494 e. The average molecular weight is 400 g/mol. The monoisotopic (exact) mass is 399 g/mol. The number of unbranched alkanes of at least 4 members (excludes halogenated alkanes) is 1. The molecule has 0 aromatic heterocycles. The number of carbonyl (C=O) groups is 1. The number of nitrogens with one attached hydrogen (secondary N) is 1. The summed E-state index contributed by atoms with van der Waals surface area (Å²) in [5, 5.41) is 3.03. The summed E-state index contributed by atoms with van der Waals surface area (Å²) in [6, 6.07) is 8.25. The van der Waals surface area contributed by atoms with E-state index in [0.29, 0.717) is 6.61 Å². The van der Waals surface area contributed by atoms with Gasteiger partial charge in [-0.05, 0) is 93.7 Å². The number of carbonyl (C=O) groups excluding carboxylic acids is 1. The van der Waals surface area contributed by atoms with Crippen LogP contribution in [0.2, 0.25) is 0 Å². The topological polar surface area (TPSA) is 47.6 Å². The van der Waals surface area contributed by atoms with Crippen molar-refractivity contribution >= 4 is 6.09 Å². The molecule has 1 aromatic carbocycles. The van der Waals surface area contributed by atoms with E-state index in [4.69, 9.17) is 9.47 Å². The van der Waals surface area contributed by atoms with Crippen LogP contribution in [-0.4, -0.2) is 25.3 Å². The molecule has 160 valence electrons. The lowest BCUT2D eigenvalue weighted by molar-refractivity contribution is -0.0821. The second-order valence-electron chi connectivity index (χ2n) is 10.1. The molecular formula is C25H37NO3. The van der Waals surface area contributed by atoms with Crippen molar-refractivity contribution in [2.24, 2.45) is 23.2 Å². The standard InChI is InChI=1S/C25H37NO3/c1-3-4-9-28-23-7-5-19(6-8-23)10-18(2)26-24(27)29-17-25-14-20-11-21(15-25)13-22(12-20)16-25/h5-8,18,20-22H,3-4,9-17H2,1-2H3,(H,26,27)/t18-,20?,21?,22?,25?/m1/s1. The van der Waals surface area contributed by atoms with E-state index in [2.05, 4.69) is 24.4 Å². The molecule has 29 heavy (non-hydrogen) atoms. The first-order valence-corrected chi connectivity index (χ1v) is 11.7. The molecule has 1 amide bonds. The highest BCUT2D eigenvalue weighted by Crippen LogP contribution is 2.60. The lowest BCUT2D eigenvalue weighted by atomic mass is 9.50. The maximum Gasteiger partial charge on any atom is 0.407 e. The molecule has 4 aliphatic rings. The minimum Gasteiger partial charge on any atom is -0.494 e. The first-order chi connectivity index (χ1) is 14.0. The lowest BCUT2D eigenvalue weighted by Gasteiger charge is -2.56. The highest BCUT2D eigenvalue weighted by Gasteiger charge is 2.51. The molecule has 1 N–H and O–H groups in total. The van der Waals surface area contributed by atoms with Gasteiger partial charge in [-0.3, -0.25) is 0 Å². The van der Waals surface area contributed by atoms with Crippen LogP contribution in [0.25, 0.3) is 0 Å². The van der Waals surface area contributed by atoms with E-state index in [1.807, 2.05) is 19.1 Å². The Balaban J connectivity index is 1.20. The van der Waals surface area contributed by atoms with Crippen LogP contribution in [0.15, 0.2) is 24.3 Å². The summed E-state index contributed by atoms with van der Waals surface area (Å²) in [6.07, 6.45) is 10.8.